The molecule has 0 aliphatic carbocycles. The van der Waals surface area contributed by atoms with Crippen LogP contribution in [0.25, 0.3) is 0 Å². The van der Waals surface area contributed by atoms with Gasteiger partial charge < -0.3 is 15.8 Å². The highest BCUT2D eigenvalue weighted by Gasteiger charge is 2.11. The zero-order chi connectivity index (χ0) is 14.7. The molecule has 0 unspecified atom stereocenters. The molecule has 2 aromatic rings. The van der Waals surface area contributed by atoms with Crippen molar-refractivity contribution in [2.24, 2.45) is 0 Å². The standard InChI is InChI=1S/C14H12ClFN2O2/c1-20-11-5-8(4-10(17)7-11)14(19)18-13-6-9(16)2-3-12(13)15/h2-7H,17H2,1H3,(H,18,19). The first-order valence-corrected chi connectivity index (χ1v) is 6.08. The molecule has 4 nitrogen and oxygen atoms in total. The van der Waals surface area contributed by atoms with E-state index >= 15 is 0 Å². The van der Waals surface area contributed by atoms with Crippen molar-refractivity contribution < 1.29 is 13.9 Å². The lowest BCUT2D eigenvalue weighted by molar-refractivity contribution is 0.102. The van der Waals surface area contributed by atoms with Crippen LogP contribution >= 0.6 is 11.6 Å². The minimum absolute atomic E-state index is 0.193. The number of nitrogens with two attached hydrogens (primary N) is 1. The molecular weight excluding hydrogens is 283 g/mol. The highest BCUT2D eigenvalue weighted by atomic mass is 35.5. The molecule has 6 heteroatoms. The Morgan fingerprint density at radius 3 is 2.75 bits per heavy atom. The summed E-state index contributed by atoms with van der Waals surface area (Å²) < 4.78 is 18.2. The largest absolute Gasteiger partial charge is 0.497 e. The molecule has 0 aromatic heterocycles. The van der Waals surface area contributed by atoms with Gasteiger partial charge in [-0.1, -0.05) is 11.6 Å². The van der Waals surface area contributed by atoms with Crippen molar-refractivity contribution in [1.29, 1.82) is 0 Å². The Balaban J connectivity index is 2.28. The van der Waals surface area contributed by atoms with Crippen LogP contribution in [0.5, 0.6) is 5.75 Å². The summed E-state index contributed by atoms with van der Waals surface area (Å²) in [4.78, 5) is 12.1. The number of nitrogens with one attached hydrogen (secondary N) is 1. The second-order valence-corrected chi connectivity index (χ2v) is 4.48. The lowest BCUT2D eigenvalue weighted by atomic mass is 10.1. The number of methoxy groups -OCH3 is 1. The van der Waals surface area contributed by atoms with E-state index in [4.69, 9.17) is 22.1 Å². The van der Waals surface area contributed by atoms with Crippen LogP contribution in [0, 0.1) is 5.82 Å². The smallest absolute Gasteiger partial charge is 0.255 e. The normalized spacial score (nSPS) is 10.2. The molecule has 3 N–H and O–H groups in total. The number of rotatable bonds is 3. The molecular formula is C14H12ClFN2O2. The number of nitrogen functional groups attached to an aromatic ring is 1. The molecule has 0 aliphatic rings. The van der Waals surface area contributed by atoms with E-state index in [9.17, 15) is 9.18 Å². The zero-order valence-corrected chi connectivity index (χ0v) is 11.4. The van der Waals surface area contributed by atoms with Crippen molar-refractivity contribution in [2.75, 3.05) is 18.2 Å². The SMILES string of the molecule is COc1cc(N)cc(C(=O)Nc2cc(F)ccc2Cl)c1. The molecule has 20 heavy (non-hydrogen) atoms. The summed E-state index contributed by atoms with van der Waals surface area (Å²) in [5, 5.41) is 2.77. The van der Waals surface area contributed by atoms with Gasteiger partial charge in [-0.15, -0.1) is 0 Å². The highest BCUT2D eigenvalue weighted by Crippen LogP contribution is 2.24. The average molecular weight is 295 g/mol. The first-order valence-electron chi connectivity index (χ1n) is 5.70. The van der Waals surface area contributed by atoms with Crippen molar-refractivity contribution in [1.82, 2.24) is 0 Å². The third-order valence-electron chi connectivity index (χ3n) is 2.60. The van der Waals surface area contributed by atoms with Gasteiger partial charge in [0, 0.05) is 17.3 Å². The van der Waals surface area contributed by atoms with Crippen molar-refractivity contribution >= 4 is 28.9 Å². The quantitative estimate of drug-likeness (QED) is 0.854. The molecule has 0 heterocycles. The first-order chi connectivity index (χ1) is 9.49. The molecule has 0 saturated carbocycles. The summed E-state index contributed by atoms with van der Waals surface area (Å²) in [5.74, 6) is -0.488. The zero-order valence-electron chi connectivity index (χ0n) is 10.6. The number of benzene rings is 2. The van der Waals surface area contributed by atoms with E-state index in [1.807, 2.05) is 0 Å². The van der Waals surface area contributed by atoms with Crippen molar-refractivity contribution in [3.05, 3.63) is 52.8 Å². The van der Waals surface area contributed by atoms with E-state index < -0.39 is 11.7 Å². The van der Waals surface area contributed by atoms with Gasteiger partial charge in [-0.05, 0) is 30.3 Å². The molecule has 0 fully saturated rings. The van der Waals surface area contributed by atoms with Crippen LogP contribution in [0.15, 0.2) is 36.4 Å². The summed E-state index contributed by atoms with van der Waals surface area (Å²) in [5.41, 5.74) is 6.55. The van der Waals surface area contributed by atoms with E-state index in [1.165, 1.54) is 31.4 Å². The van der Waals surface area contributed by atoms with Crippen LogP contribution in [-0.2, 0) is 0 Å². The topological polar surface area (TPSA) is 64.3 Å². The van der Waals surface area contributed by atoms with Gasteiger partial charge >= 0.3 is 0 Å². The Hall–Kier alpha value is -2.27. The highest BCUT2D eigenvalue weighted by molar-refractivity contribution is 6.33. The molecule has 0 saturated heterocycles. The van der Waals surface area contributed by atoms with Crippen LogP contribution in [0.4, 0.5) is 15.8 Å². The molecule has 0 bridgehead atoms. The second kappa shape index (κ2) is 5.79. The van der Waals surface area contributed by atoms with Crippen molar-refractivity contribution in [2.45, 2.75) is 0 Å². The van der Waals surface area contributed by atoms with E-state index in [0.717, 1.165) is 6.07 Å². The lowest BCUT2D eigenvalue weighted by Gasteiger charge is -2.09. The van der Waals surface area contributed by atoms with Gasteiger partial charge in [0.15, 0.2) is 0 Å². The Morgan fingerprint density at radius 2 is 2.05 bits per heavy atom. The number of hydrogen-bond donors (Lipinski definition) is 2. The molecule has 2 aromatic carbocycles. The summed E-state index contributed by atoms with van der Waals surface area (Å²) in [6, 6.07) is 8.33. The number of hydrogen-bond acceptors (Lipinski definition) is 3. The Morgan fingerprint density at radius 1 is 1.30 bits per heavy atom. The summed E-state index contributed by atoms with van der Waals surface area (Å²) in [7, 11) is 1.47. The molecule has 1 amide bonds. The molecule has 104 valence electrons. The fraction of sp³-hybridized carbons (Fsp3) is 0.0714. The first kappa shape index (κ1) is 14.1. The van der Waals surface area contributed by atoms with Crippen LogP contribution < -0.4 is 15.8 Å². The number of ether oxygens (including phenoxy) is 1. The molecule has 0 radical (unpaired) electrons. The number of carbonyl (C=O) groups excluding carboxylic acids is 1. The van der Waals surface area contributed by atoms with Crippen LogP contribution in [0.2, 0.25) is 5.02 Å². The third kappa shape index (κ3) is 3.19. The van der Waals surface area contributed by atoms with Gasteiger partial charge in [0.05, 0.1) is 17.8 Å². The maximum absolute atomic E-state index is 13.1. The van der Waals surface area contributed by atoms with E-state index in [1.54, 1.807) is 6.07 Å². The van der Waals surface area contributed by atoms with Gasteiger partial charge in [-0.25, -0.2) is 4.39 Å². The maximum atomic E-state index is 13.1. The molecule has 0 atom stereocenters. The summed E-state index contributed by atoms with van der Waals surface area (Å²) in [6.45, 7) is 0. The van der Waals surface area contributed by atoms with Crippen LogP contribution in [0.1, 0.15) is 10.4 Å². The predicted molar refractivity (Wildman–Crippen MR) is 76.8 cm³/mol. The third-order valence-corrected chi connectivity index (χ3v) is 2.93. The fourth-order valence-electron chi connectivity index (χ4n) is 1.66. The molecule has 0 aliphatic heterocycles. The van der Waals surface area contributed by atoms with Gasteiger partial charge in [-0.3, -0.25) is 4.79 Å². The van der Waals surface area contributed by atoms with Crippen molar-refractivity contribution in [3.63, 3.8) is 0 Å². The molecule has 0 spiro atoms. The number of amides is 1. The Labute approximate surface area is 120 Å². The van der Waals surface area contributed by atoms with Gasteiger partial charge in [0.1, 0.15) is 11.6 Å². The number of carbonyl (C=O) groups is 1. The second-order valence-electron chi connectivity index (χ2n) is 4.07. The van der Waals surface area contributed by atoms with Gasteiger partial charge in [0.25, 0.3) is 5.91 Å². The molecule has 2 rings (SSSR count). The summed E-state index contributed by atoms with van der Waals surface area (Å²) in [6.07, 6.45) is 0. The van der Waals surface area contributed by atoms with Gasteiger partial charge in [0.2, 0.25) is 0 Å². The Bertz CT molecular complexity index is 662. The lowest BCUT2D eigenvalue weighted by Crippen LogP contribution is -2.13. The minimum Gasteiger partial charge on any atom is -0.497 e. The van der Waals surface area contributed by atoms with E-state index in [0.29, 0.717) is 17.0 Å². The minimum atomic E-state index is -0.491. The van der Waals surface area contributed by atoms with Crippen LogP contribution in [0.3, 0.4) is 0 Å². The number of halogens is 2. The maximum Gasteiger partial charge on any atom is 0.255 e. The average Bonchev–Trinajstić information content (AvgIpc) is 2.42. The fourth-order valence-corrected chi connectivity index (χ4v) is 1.82. The van der Waals surface area contributed by atoms with E-state index in [2.05, 4.69) is 5.32 Å². The van der Waals surface area contributed by atoms with E-state index in [-0.39, 0.29) is 10.7 Å². The number of anilines is 2. The van der Waals surface area contributed by atoms with Crippen LogP contribution in [-0.4, -0.2) is 13.0 Å². The predicted octanol–water partition coefficient (Wildman–Crippen LogP) is 3.32. The van der Waals surface area contributed by atoms with Crippen molar-refractivity contribution in [3.8, 4) is 5.75 Å². The van der Waals surface area contributed by atoms with Gasteiger partial charge in [-0.2, -0.15) is 0 Å². The summed E-state index contributed by atoms with van der Waals surface area (Å²) >= 11 is 5.89. The monoisotopic (exact) mass is 294 g/mol. The Kier molecular flexibility index (Phi) is 4.10.